The van der Waals surface area contributed by atoms with E-state index >= 15 is 0 Å². The number of fused-ring (bicyclic) bond motifs is 1. The van der Waals surface area contributed by atoms with Crippen molar-refractivity contribution in [2.75, 3.05) is 64.3 Å². The van der Waals surface area contributed by atoms with Crippen molar-refractivity contribution < 1.29 is 13.2 Å². The lowest BCUT2D eigenvalue weighted by molar-refractivity contribution is 0.0684. The number of hydrogen-bond donors (Lipinski definition) is 1. The molecule has 1 aromatic carbocycles. The molecule has 8 heteroatoms. The van der Waals surface area contributed by atoms with E-state index in [2.05, 4.69) is 28.4 Å². The molecular formula is C17H26N4O3S. The van der Waals surface area contributed by atoms with Crippen molar-refractivity contribution in [2.24, 2.45) is 0 Å². The third kappa shape index (κ3) is 3.54. The van der Waals surface area contributed by atoms with Gasteiger partial charge in [-0.1, -0.05) is 18.2 Å². The molecule has 0 amide bonds. The van der Waals surface area contributed by atoms with Gasteiger partial charge in [-0.05, 0) is 17.5 Å². The number of nitrogens with one attached hydrogen (secondary N) is 1. The lowest BCUT2D eigenvalue weighted by Crippen LogP contribution is -2.54. The van der Waals surface area contributed by atoms with Gasteiger partial charge in [-0.2, -0.15) is 17.0 Å². The number of para-hydroxylation sites is 1. The fraction of sp³-hybridized carbons (Fsp3) is 0.647. The predicted molar refractivity (Wildman–Crippen MR) is 96.8 cm³/mol. The number of rotatable bonds is 4. The summed E-state index contributed by atoms with van der Waals surface area (Å²) in [4.78, 5) is 2.35. The lowest BCUT2D eigenvalue weighted by atomic mass is 10.1. The normalized spacial score (nSPS) is 23.4. The van der Waals surface area contributed by atoms with Crippen LogP contribution in [0.4, 0.5) is 5.69 Å². The van der Waals surface area contributed by atoms with Crippen molar-refractivity contribution in [3.05, 3.63) is 29.3 Å². The molecule has 1 N–H and O–H groups in total. The predicted octanol–water partition coefficient (Wildman–Crippen LogP) is 0.349. The average molecular weight is 366 g/mol. The first-order chi connectivity index (χ1) is 12.1. The molecule has 2 fully saturated rings. The Balaban J connectivity index is 1.36. The molecule has 138 valence electrons. The summed E-state index contributed by atoms with van der Waals surface area (Å²) in [5.41, 5.74) is 4.00. The third-order valence-corrected chi connectivity index (χ3v) is 7.32. The maximum Gasteiger partial charge on any atom is 0.282 e. The minimum absolute atomic E-state index is 0.463. The quantitative estimate of drug-likeness (QED) is 0.833. The molecule has 25 heavy (non-hydrogen) atoms. The molecule has 3 heterocycles. The summed E-state index contributed by atoms with van der Waals surface area (Å²) in [6.45, 7) is 6.45. The van der Waals surface area contributed by atoms with Crippen LogP contribution in [0.25, 0.3) is 0 Å². The first-order valence-corrected chi connectivity index (χ1v) is 10.4. The van der Waals surface area contributed by atoms with Crippen LogP contribution in [0, 0.1) is 0 Å². The van der Waals surface area contributed by atoms with E-state index < -0.39 is 10.2 Å². The van der Waals surface area contributed by atoms with Gasteiger partial charge >= 0.3 is 0 Å². The van der Waals surface area contributed by atoms with Crippen molar-refractivity contribution in [1.29, 1.82) is 0 Å². The molecule has 0 aromatic heterocycles. The average Bonchev–Trinajstić information content (AvgIpc) is 3.13. The Kier molecular flexibility index (Phi) is 4.97. The second-order valence-electron chi connectivity index (χ2n) is 6.82. The number of morpholine rings is 1. The van der Waals surface area contributed by atoms with Crippen LogP contribution >= 0.6 is 0 Å². The molecule has 0 radical (unpaired) electrons. The Hall–Kier alpha value is -1.19. The molecule has 0 spiro atoms. The van der Waals surface area contributed by atoms with E-state index in [9.17, 15) is 8.42 Å². The number of piperazine rings is 1. The van der Waals surface area contributed by atoms with Crippen LogP contribution in [0.1, 0.15) is 11.1 Å². The molecule has 0 bridgehead atoms. The van der Waals surface area contributed by atoms with Gasteiger partial charge in [-0.25, -0.2) is 0 Å². The van der Waals surface area contributed by atoms with Crippen LogP contribution in [0.2, 0.25) is 0 Å². The Morgan fingerprint density at radius 3 is 2.48 bits per heavy atom. The van der Waals surface area contributed by atoms with Gasteiger partial charge in [-0.15, -0.1) is 0 Å². The van der Waals surface area contributed by atoms with E-state index in [1.165, 1.54) is 16.8 Å². The van der Waals surface area contributed by atoms with E-state index in [1.54, 1.807) is 8.61 Å². The fourth-order valence-electron chi connectivity index (χ4n) is 3.84. The summed E-state index contributed by atoms with van der Waals surface area (Å²) in [5, 5.41) is 3.48. The molecule has 4 rings (SSSR count). The van der Waals surface area contributed by atoms with Gasteiger partial charge in [0.1, 0.15) is 0 Å². The molecule has 0 atom stereocenters. The molecule has 3 aliphatic heterocycles. The molecule has 7 nitrogen and oxygen atoms in total. The zero-order valence-electron chi connectivity index (χ0n) is 14.5. The van der Waals surface area contributed by atoms with Crippen LogP contribution in [0.5, 0.6) is 0 Å². The van der Waals surface area contributed by atoms with Gasteiger partial charge in [0, 0.05) is 58.0 Å². The van der Waals surface area contributed by atoms with Crippen LogP contribution in [-0.2, 0) is 27.9 Å². The fourth-order valence-corrected chi connectivity index (χ4v) is 5.40. The van der Waals surface area contributed by atoms with E-state index in [0.717, 1.165) is 32.6 Å². The highest BCUT2D eigenvalue weighted by atomic mass is 32.2. The number of hydrogen-bond acceptors (Lipinski definition) is 5. The first-order valence-electron chi connectivity index (χ1n) is 9.04. The van der Waals surface area contributed by atoms with Gasteiger partial charge in [0.05, 0.1) is 13.2 Å². The van der Waals surface area contributed by atoms with Crippen molar-refractivity contribution >= 4 is 15.9 Å². The molecule has 0 unspecified atom stereocenters. The molecule has 2 saturated heterocycles. The summed E-state index contributed by atoms with van der Waals surface area (Å²) in [7, 11) is -3.34. The monoisotopic (exact) mass is 366 g/mol. The van der Waals surface area contributed by atoms with Crippen molar-refractivity contribution in [3.63, 3.8) is 0 Å². The Labute approximate surface area is 149 Å². The van der Waals surface area contributed by atoms with Crippen LogP contribution in [-0.4, -0.2) is 81.0 Å². The standard InChI is InChI=1S/C17H26N4O3S/c22-25(23,21-10-12-24-13-11-21)20-8-6-19(7-9-20)14-16-3-1-2-15-4-5-18-17(15)16/h1-3,18H,4-14H2. The van der Waals surface area contributed by atoms with Gasteiger partial charge in [0.25, 0.3) is 10.2 Å². The summed E-state index contributed by atoms with van der Waals surface area (Å²) in [6, 6.07) is 6.49. The van der Waals surface area contributed by atoms with E-state index in [1.807, 2.05) is 0 Å². The minimum atomic E-state index is -3.34. The maximum absolute atomic E-state index is 12.7. The van der Waals surface area contributed by atoms with E-state index in [-0.39, 0.29) is 0 Å². The third-order valence-electron chi connectivity index (χ3n) is 5.28. The maximum atomic E-state index is 12.7. The van der Waals surface area contributed by atoms with Crippen molar-refractivity contribution in [3.8, 4) is 0 Å². The van der Waals surface area contributed by atoms with Crippen LogP contribution in [0.3, 0.4) is 0 Å². The smallest absolute Gasteiger partial charge is 0.282 e. The topological polar surface area (TPSA) is 65.1 Å². The number of anilines is 1. The molecule has 0 saturated carbocycles. The first kappa shape index (κ1) is 17.2. The number of nitrogens with zero attached hydrogens (tertiary/aromatic N) is 3. The molecule has 0 aliphatic carbocycles. The van der Waals surface area contributed by atoms with E-state index in [4.69, 9.17) is 4.74 Å². The van der Waals surface area contributed by atoms with Gasteiger partial charge < -0.3 is 10.1 Å². The zero-order chi connectivity index (χ0) is 17.3. The summed E-state index contributed by atoms with van der Waals surface area (Å²) in [6.07, 6.45) is 1.09. The Morgan fingerprint density at radius 1 is 1.00 bits per heavy atom. The molecule has 3 aliphatic rings. The second kappa shape index (κ2) is 7.20. The van der Waals surface area contributed by atoms with Crippen molar-refractivity contribution in [2.45, 2.75) is 13.0 Å². The van der Waals surface area contributed by atoms with Crippen LogP contribution < -0.4 is 5.32 Å². The highest BCUT2D eigenvalue weighted by molar-refractivity contribution is 7.86. The van der Waals surface area contributed by atoms with Gasteiger partial charge in [-0.3, -0.25) is 4.90 Å². The van der Waals surface area contributed by atoms with E-state index in [0.29, 0.717) is 39.4 Å². The van der Waals surface area contributed by atoms with Crippen LogP contribution in [0.15, 0.2) is 18.2 Å². The summed E-state index contributed by atoms with van der Waals surface area (Å²) >= 11 is 0. The summed E-state index contributed by atoms with van der Waals surface area (Å²) in [5.74, 6) is 0. The highest BCUT2D eigenvalue weighted by Gasteiger charge is 2.33. The van der Waals surface area contributed by atoms with Gasteiger partial charge in [0.15, 0.2) is 0 Å². The Bertz CT molecular complexity index is 711. The van der Waals surface area contributed by atoms with Gasteiger partial charge in [0.2, 0.25) is 0 Å². The highest BCUT2D eigenvalue weighted by Crippen LogP contribution is 2.27. The zero-order valence-corrected chi connectivity index (χ0v) is 15.3. The molecular weight excluding hydrogens is 340 g/mol. The second-order valence-corrected chi connectivity index (χ2v) is 8.75. The largest absolute Gasteiger partial charge is 0.384 e. The summed E-state index contributed by atoms with van der Waals surface area (Å²) < 4.78 is 33.9. The number of benzene rings is 1. The lowest BCUT2D eigenvalue weighted by Gasteiger charge is -2.37. The molecule has 1 aromatic rings. The SMILES string of the molecule is O=S(=O)(N1CCOCC1)N1CCN(Cc2cccc3c2NCC3)CC1. The Morgan fingerprint density at radius 2 is 1.72 bits per heavy atom. The minimum Gasteiger partial charge on any atom is -0.384 e. The number of ether oxygens (including phenoxy) is 1. The van der Waals surface area contributed by atoms with Crippen molar-refractivity contribution in [1.82, 2.24) is 13.5 Å².